The summed E-state index contributed by atoms with van der Waals surface area (Å²) < 4.78 is 6.05. The lowest BCUT2D eigenvalue weighted by Crippen LogP contribution is -2.57. The predicted molar refractivity (Wildman–Crippen MR) is 95.0 cm³/mol. The Kier molecular flexibility index (Phi) is 4.23. The lowest BCUT2D eigenvalue weighted by molar-refractivity contribution is -0.384. The number of carbonyl (C=O) groups is 1. The smallest absolute Gasteiger partial charge is 0.293 e. The number of rotatable bonds is 4. The van der Waals surface area contributed by atoms with Crippen LogP contribution in [0.5, 0.6) is 0 Å². The molecule has 1 amide bonds. The van der Waals surface area contributed by atoms with Crippen LogP contribution in [0.3, 0.4) is 0 Å². The van der Waals surface area contributed by atoms with Crippen molar-refractivity contribution < 1.29 is 14.5 Å². The molecular formula is C18H25N3O4. The molecule has 1 saturated heterocycles. The molecule has 1 aliphatic heterocycles. The minimum absolute atomic E-state index is 0.0445. The second kappa shape index (κ2) is 5.98. The SMILES string of the molecule is CC1(C)CN(c2ccc(C(=O)NC3CC3)cc2[N+](=O)[O-])CC(C)(C)O1. The number of nitro benzene ring substituents is 1. The highest BCUT2D eigenvalue weighted by molar-refractivity contribution is 5.96. The molecule has 0 radical (unpaired) electrons. The number of carbonyl (C=O) groups excluding carboxylic acids is 1. The summed E-state index contributed by atoms with van der Waals surface area (Å²) in [6.07, 6.45) is 1.95. The van der Waals surface area contributed by atoms with E-state index >= 15 is 0 Å². The third kappa shape index (κ3) is 4.10. The minimum Gasteiger partial charge on any atom is -0.366 e. The maximum Gasteiger partial charge on any atom is 0.293 e. The topological polar surface area (TPSA) is 84.7 Å². The first-order chi connectivity index (χ1) is 11.6. The number of hydrogen-bond acceptors (Lipinski definition) is 5. The van der Waals surface area contributed by atoms with Crippen LogP contribution in [0.2, 0.25) is 0 Å². The van der Waals surface area contributed by atoms with E-state index < -0.39 is 16.1 Å². The molecule has 1 N–H and O–H groups in total. The summed E-state index contributed by atoms with van der Waals surface area (Å²) in [5.74, 6) is -0.250. The molecule has 1 heterocycles. The van der Waals surface area contributed by atoms with Crippen LogP contribution >= 0.6 is 0 Å². The van der Waals surface area contributed by atoms with Crippen LogP contribution < -0.4 is 10.2 Å². The average molecular weight is 347 g/mol. The zero-order chi connectivity index (χ0) is 18.4. The fraction of sp³-hybridized carbons (Fsp3) is 0.611. The van der Waals surface area contributed by atoms with E-state index in [0.29, 0.717) is 24.3 Å². The average Bonchev–Trinajstić information content (AvgIpc) is 3.27. The maximum absolute atomic E-state index is 12.2. The molecule has 0 atom stereocenters. The van der Waals surface area contributed by atoms with Crippen molar-refractivity contribution in [2.45, 2.75) is 57.8 Å². The van der Waals surface area contributed by atoms with Gasteiger partial charge >= 0.3 is 0 Å². The van der Waals surface area contributed by atoms with Crippen LogP contribution in [0.1, 0.15) is 50.9 Å². The van der Waals surface area contributed by atoms with Gasteiger partial charge in [0.25, 0.3) is 11.6 Å². The number of nitrogens with zero attached hydrogens (tertiary/aromatic N) is 2. The van der Waals surface area contributed by atoms with Crippen molar-refractivity contribution >= 4 is 17.3 Å². The van der Waals surface area contributed by atoms with Gasteiger partial charge in [-0.1, -0.05) is 0 Å². The zero-order valence-corrected chi connectivity index (χ0v) is 15.2. The first-order valence-electron chi connectivity index (χ1n) is 8.61. The Morgan fingerprint density at radius 3 is 2.36 bits per heavy atom. The van der Waals surface area contributed by atoms with Crippen molar-refractivity contribution in [3.8, 4) is 0 Å². The van der Waals surface area contributed by atoms with E-state index in [-0.39, 0.29) is 17.6 Å². The minimum atomic E-state index is -0.419. The van der Waals surface area contributed by atoms with E-state index in [0.717, 1.165) is 12.8 Å². The summed E-state index contributed by atoms with van der Waals surface area (Å²) in [6.45, 7) is 9.00. The molecule has 3 rings (SSSR count). The molecule has 1 aliphatic carbocycles. The third-order valence-corrected chi connectivity index (χ3v) is 4.38. The van der Waals surface area contributed by atoms with Crippen LogP contribution in [0.25, 0.3) is 0 Å². The molecule has 136 valence electrons. The number of nitrogens with one attached hydrogen (secondary N) is 1. The molecule has 0 bridgehead atoms. The standard InChI is InChI=1S/C18H25N3O4/c1-17(2)10-20(11-18(3,4)25-17)14-8-5-12(9-15(14)21(23)24)16(22)19-13-6-7-13/h5,8-9,13H,6-7,10-11H2,1-4H3,(H,19,22). The number of amides is 1. The molecule has 7 nitrogen and oxygen atoms in total. The summed E-state index contributed by atoms with van der Waals surface area (Å²) in [5.41, 5.74) is -0.0292. The predicted octanol–water partition coefficient (Wildman–Crippen LogP) is 2.88. The molecular weight excluding hydrogens is 322 g/mol. The van der Waals surface area contributed by atoms with E-state index in [9.17, 15) is 14.9 Å². The largest absolute Gasteiger partial charge is 0.366 e. The lowest BCUT2D eigenvalue weighted by atomic mass is 9.97. The zero-order valence-electron chi connectivity index (χ0n) is 15.2. The highest BCUT2D eigenvalue weighted by atomic mass is 16.6. The first kappa shape index (κ1) is 17.7. The highest BCUT2D eigenvalue weighted by Gasteiger charge is 2.40. The number of ether oxygens (including phenoxy) is 1. The van der Waals surface area contributed by atoms with Gasteiger partial charge in [-0.15, -0.1) is 0 Å². The monoisotopic (exact) mass is 347 g/mol. The van der Waals surface area contributed by atoms with Gasteiger partial charge in [0.05, 0.1) is 16.1 Å². The second-order valence-corrected chi connectivity index (χ2v) is 8.19. The molecule has 25 heavy (non-hydrogen) atoms. The number of morpholine rings is 1. The molecule has 7 heteroatoms. The quantitative estimate of drug-likeness (QED) is 0.669. The van der Waals surface area contributed by atoms with Gasteiger partial charge in [-0.05, 0) is 52.7 Å². The Labute approximate surface area is 147 Å². The second-order valence-electron chi connectivity index (χ2n) is 8.19. The maximum atomic E-state index is 12.2. The molecule has 2 fully saturated rings. The number of benzene rings is 1. The summed E-state index contributed by atoms with van der Waals surface area (Å²) >= 11 is 0. The van der Waals surface area contributed by atoms with Gasteiger partial charge in [0.2, 0.25) is 0 Å². The van der Waals surface area contributed by atoms with Gasteiger partial charge in [-0.3, -0.25) is 14.9 Å². The van der Waals surface area contributed by atoms with Gasteiger partial charge < -0.3 is 15.0 Å². The van der Waals surface area contributed by atoms with E-state index in [2.05, 4.69) is 5.32 Å². The Morgan fingerprint density at radius 2 is 1.84 bits per heavy atom. The van der Waals surface area contributed by atoms with E-state index in [1.165, 1.54) is 6.07 Å². The van der Waals surface area contributed by atoms with Crippen LogP contribution in [0, 0.1) is 10.1 Å². The summed E-state index contributed by atoms with van der Waals surface area (Å²) in [4.78, 5) is 25.4. The fourth-order valence-electron chi connectivity index (χ4n) is 3.53. The lowest BCUT2D eigenvalue weighted by Gasteiger charge is -2.47. The van der Waals surface area contributed by atoms with Crippen molar-refractivity contribution in [2.75, 3.05) is 18.0 Å². The van der Waals surface area contributed by atoms with Gasteiger partial charge in [-0.25, -0.2) is 0 Å². The third-order valence-electron chi connectivity index (χ3n) is 4.38. The molecule has 1 aromatic carbocycles. The summed E-state index contributed by atoms with van der Waals surface area (Å²) in [7, 11) is 0. The number of anilines is 1. The highest BCUT2D eigenvalue weighted by Crippen LogP contribution is 2.36. The molecule has 0 aromatic heterocycles. The number of nitro groups is 1. The van der Waals surface area contributed by atoms with Crippen LogP contribution in [0.4, 0.5) is 11.4 Å². The fourth-order valence-corrected chi connectivity index (χ4v) is 3.53. The summed E-state index contributed by atoms with van der Waals surface area (Å²) in [6, 6.07) is 4.93. The van der Waals surface area contributed by atoms with E-state index in [1.807, 2.05) is 32.6 Å². The van der Waals surface area contributed by atoms with Crippen LogP contribution in [-0.4, -0.2) is 41.2 Å². The first-order valence-corrected chi connectivity index (χ1v) is 8.61. The number of hydrogen-bond donors (Lipinski definition) is 1. The van der Waals surface area contributed by atoms with Crippen LogP contribution in [0.15, 0.2) is 18.2 Å². The molecule has 0 unspecified atom stereocenters. The van der Waals surface area contributed by atoms with Gasteiger partial charge in [0.1, 0.15) is 5.69 Å². The Bertz CT molecular complexity index is 694. The molecule has 1 saturated carbocycles. The van der Waals surface area contributed by atoms with Crippen molar-refractivity contribution in [1.29, 1.82) is 0 Å². The van der Waals surface area contributed by atoms with Crippen molar-refractivity contribution in [1.82, 2.24) is 5.32 Å². The van der Waals surface area contributed by atoms with Crippen molar-refractivity contribution in [3.63, 3.8) is 0 Å². The Balaban J connectivity index is 1.92. The van der Waals surface area contributed by atoms with Crippen molar-refractivity contribution in [2.24, 2.45) is 0 Å². The molecule has 1 aromatic rings. The Morgan fingerprint density at radius 1 is 1.24 bits per heavy atom. The van der Waals surface area contributed by atoms with E-state index in [4.69, 9.17) is 4.74 Å². The van der Waals surface area contributed by atoms with Gasteiger partial charge in [-0.2, -0.15) is 0 Å². The van der Waals surface area contributed by atoms with Crippen LogP contribution in [-0.2, 0) is 4.74 Å². The van der Waals surface area contributed by atoms with Crippen molar-refractivity contribution in [3.05, 3.63) is 33.9 Å². The van der Waals surface area contributed by atoms with Gasteiger partial charge in [0.15, 0.2) is 0 Å². The molecule has 2 aliphatic rings. The molecule has 0 spiro atoms. The normalized spacial score (nSPS) is 21.7. The van der Waals surface area contributed by atoms with Gasteiger partial charge in [0, 0.05) is 30.8 Å². The van der Waals surface area contributed by atoms with E-state index in [1.54, 1.807) is 12.1 Å². The Hall–Kier alpha value is -2.15. The summed E-state index contributed by atoms with van der Waals surface area (Å²) in [5, 5.41) is 14.5.